The second-order valence-corrected chi connectivity index (χ2v) is 17.7. The van der Waals surface area contributed by atoms with Gasteiger partial charge in [0, 0.05) is 16.1 Å². The minimum absolute atomic E-state index is 0.0617. The van der Waals surface area contributed by atoms with Crippen LogP contribution >= 0.6 is 0 Å². The van der Waals surface area contributed by atoms with Crippen LogP contribution in [0.2, 0.25) is 50.9 Å². The normalized spacial score (nSPS) is 18.0. The van der Waals surface area contributed by atoms with Gasteiger partial charge >= 0.3 is 0 Å². The van der Waals surface area contributed by atoms with Crippen LogP contribution in [-0.2, 0) is 0 Å². The minimum atomic E-state index is -1.20. The molecule has 3 heteroatoms. The Morgan fingerprint density at radius 2 is 1.43 bits per heavy atom. The summed E-state index contributed by atoms with van der Waals surface area (Å²) in [5, 5.41) is 10.1. The fourth-order valence-corrected chi connectivity index (χ4v) is 9.23. The predicted molar refractivity (Wildman–Crippen MR) is 71.5 cm³/mol. The van der Waals surface area contributed by atoms with Crippen LogP contribution in [-0.4, -0.2) is 27.4 Å². The molecule has 0 radical (unpaired) electrons. The van der Waals surface area contributed by atoms with Crippen molar-refractivity contribution in [3.8, 4) is 0 Å². The minimum Gasteiger partial charge on any atom is -0.393 e. The fourth-order valence-electron chi connectivity index (χ4n) is 1.96. The first-order chi connectivity index (χ1) is 6.08. The van der Waals surface area contributed by atoms with Crippen molar-refractivity contribution in [2.45, 2.75) is 70.3 Å². The van der Waals surface area contributed by atoms with E-state index >= 15 is 0 Å². The van der Waals surface area contributed by atoms with Gasteiger partial charge in [-0.15, -0.1) is 0 Å². The first-order valence-corrected chi connectivity index (χ1v) is 13.0. The zero-order chi connectivity index (χ0) is 11.6. The van der Waals surface area contributed by atoms with Crippen LogP contribution in [0.5, 0.6) is 0 Å². The van der Waals surface area contributed by atoms with E-state index in [1.807, 2.05) is 0 Å². The molecule has 0 fully saturated rings. The van der Waals surface area contributed by atoms with Crippen molar-refractivity contribution in [3.05, 3.63) is 0 Å². The molecular weight excluding hydrogens is 204 g/mol. The van der Waals surface area contributed by atoms with E-state index in [1.54, 1.807) is 0 Å². The maximum atomic E-state index is 10.1. The van der Waals surface area contributed by atoms with Crippen molar-refractivity contribution in [2.75, 3.05) is 0 Å². The number of hydrogen-bond donors (Lipinski definition) is 1. The lowest BCUT2D eigenvalue weighted by Crippen LogP contribution is -2.40. The van der Waals surface area contributed by atoms with Crippen molar-refractivity contribution >= 4 is 16.1 Å². The van der Waals surface area contributed by atoms with E-state index < -0.39 is 16.1 Å². The Kier molecular flexibility index (Phi) is 5.09. The molecule has 86 valence electrons. The van der Waals surface area contributed by atoms with E-state index in [9.17, 15) is 5.11 Å². The predicted octanol–water partition coefficient (Wildman–Crippen LogP) is 3.80. The standard InChI is InChI=1S/C11H28OSi2/c1-8-10(12)11(14(5,6)7)9-13(2,3)4/h10-12H,8-9H2,1-7H3/t10-,11+/m0/s1. The van der Waals surface area contributed by atoms with Gasteiger partial charge in [0.2, 0.25) is 0 Å². The van der Waals surface area contributed by atoms with Crippen LogP contribution in [0.25, 0.3) is 0 Å². The zero-order valence-electron chi connectivity index (χ0n) is 11.0. The Morgan fingerprint density at radius 3 is 1.64 bits per heavy atom. The molecule has 1 N–H and O–H groups in total. The van der Waals surface area contributed by atoms with Crippen molar-refractivity contribution < 1.29 is 5.11 Å². The molecule has 0 aliphatic rings. The molecule has 0 saturated heterocycles. The average molecular weight is 233 g/mol. The van der Waals surface area contributed by atoms with Gasteiger partial charge in [-0.05, 0) is 12.0 Å². The molecule has 0 aromatic heterocycles. The number of hydrogen-bond acceptors (Lipinski definition) is 1. The van der Waals surface area contributed by atoms with Crippen LogP contribution in [0, 0.1) is 0 Å². The molecule has 2 atom stereocenters. The Morgan fingerprint density at radius 1 is 1.00 bits per heavy atom. The van der Waals surface area contributed by atoms with Crippen LogP contribution in [0.4, 0.5) is 0 Å². The first kappa shape index (κ1) is 14.4. The smallest absolute Gasteiger partial charge is 0.0539 e. The fraction of sp³-hybridized carbons (Fsp3) is 1.00. The second kappa shape index (κ2) is 4.95. The summed E-state index contributed by atoms with van der Waals surface area (Å²) in [6.45, 7) is 16.5. The highest BCUT2D eigenvalue weighted by Gasteiger charge is 2.35. The highest BCUT2D eigenvalue weighted by atomic mass is 28.3. The van der Waals surface area contributed by atoms with Gasteiger partial charge in [0.1, 0.15) is 0 Å². The number of rotatable bonds is 5. The van der Waals surface area contributed by atoms with E-state index in [0.29, 0.717) is 5.54 Å². The van der Waals surface area contributed by atoms with E-state index in [0.717, 1.165) is 6.42 Å². The molecule has 0 amide bonds. The largest absolute Gasteiger partial charge is 0.393 e. The van der Waals surface area contributed by atoms with Gasteiger partial charge in [0.15, 0.2) is 0 Å². The molecule has 0 aliphatic carbocycles. The molecule has 0 saturated carbocycles. The van der Waals surface area contributed by atoms with Crippen molar-refractivity contribution in [1.29, 1.82) is 0 Å². The molecule has 0 spiro atoms. The third kappa shape index (κ3) is 5.32. The highest BCUT2D eigenvalue weighted by Crippen LogP contribution is 2.35. The summed E-state index contributed by atoms with van der Waals surface area (Å²) in [5.74, 6) is 0. The summed E-state index contributed by atoms with van der Waals surface area (Å²) >= 11 is 0. The molecule has 0 bridgehead atoms. The molecule has 1 nitrogen and oxygen atoms in total. The maximum absolute atomic E-state index is 10.1. The lowest BCUT2D eigenvalue weighted by atomic mass is 10.2. The summed E-state index contributed by atoms with van der Waals surface area (Å²) < 4.78 is 0. The third-order valence-corrected chi connectivity index (χ3v) is 7.71. The molecule has 0 unspecified atom stereocenters. The summed E-state index contributed by atoms with van der Waals surface area (Å²) in [7, 11) is -2.23. The molecule has 0 aromatic rings. The van der Waals surface area contributed by atoms with Gasteiger partial charge in [-0.3, -0.25) is 0 Å². The van der Waals surface area contributed by atoms with Crippen LogP contribution in [0.3, 0.4) is 0 Å². The van der Waals surface area contributed by atoms with Gasteiger partial charge < -0.3 is 5.11 Å². The first-order valence-electron chi connectivity index (χ1n) is 5.76. The van der Waals surface area contributed by atoms with Gasteiger partial charge in [-0.2, -0.15) is 0 Å². The van der Waals surface area contributed by atoms with Gasteiger partial charge in [-0.25, -0.2) is 0 Å². The van der Waals surface area contributed by atoms with E-state index in [2.05, 4.69) is 46.2 Å². The third-order valence-electron chi connectivity index (χ3n) is 2.83. The topological polar surface area (TPSA) is 20.2 Å². The SMILES string of the molecule is CC[C@H](O)[C@@H](C[Si](C)(C)C)[Si](C)(C)C. The van der Waals surface area contributed by atoms with Gasteiger partial charge in [0.05, 0.1) is 6.10 Å². The van der Waals surface area contributed by atoms with Crippen molar-refractivity contribution in [1.82, 2.24) is 0 Å². The van der Waals surface area contributed by atoms with Crippen LogP contribution in [0.15, 0.2) is 0 Å². The van der Waals surface area contributed by atoms with Crippen LogP contribution in [0.1, 0.15) is 13.3 Å². The summed E-state index contributed by atoms with van der Waals surface area (Å²) in [4.78, 5) is 0. The lowest BCUT2D eigenvalue weighted by molar-refractivity contribution is 0.163. The van der Waals surface area contributed by atoms with Crippen molar-refractivity contribution in [2.24, 2.45) is 0 Å². The molecular formula is C11H28OSi2. The van der Waals surface area contributed by atoms with Gasteiger partial charge in [0.25, 0.3) is 0 Å². The molecule has 0 rings (SSSR count). The highest BCUT2D eigenvalue weighted by molar-refractivity contribution is 6.82. The monoisotopic (exact) mass is 232 g/mol. The van der Waals surface area contributed by atoms with Crippen LogP contribution < -0.4 is 0 Å². The molecule has 14 heavy (non-hydrogen) atoms. The average Bonchev–Trinajstić information content (AvgIpc) is 1.95. The maximum Gasteiger partial charge on any atom is 0.0539 e. The Bertz CT molecular complexity index is 167. The molecule has 0 aromatic carbocycles. The quantitative estimate of drug-likeness (QED) is 0.715. The molecule has 0 aliphatic heterocycles. The Labute approximate surface area is 91.9 Å². The number of aliphatic hydroxyl groups excluding tert-OH is 1. The summed E-state index contributed by atoms with van der Waals surface area (Å²) in [6.07, 6.45) is 0.854. The summed E-state index contributed by atoms with van der Waals surface area (Å²) in [6, 6.07) is 1.29. The zero-order valence-corrected chi connectivity index (χ0v) is 13.0. The second-order valence-electron chi connectivity index (χ2n) is 6.71. The van der Waals surface area contributed by atoms with Crippen molar-refractivity contribution in [3.63, 3.8) is 0 Å². The van der Waals surface area contributed by atoms with E-state index in [4.69, 9.17) is 0 Å². The van der Waals surface area contributed by atoms with E-state index in [1.165, 1.54) is 6.04 Å². The number of aliphatic hydroxyl groups is 1. The van der Waals surface area contributed by atoms with E-state index in [-0.39, 0.29) is 6.10 Å². The lowest BCUT2D eigenvalue weighted by Gasteiger charge is -2.36. The van der Waals surface area contributed by atoms with Gasteiger partial charge in [-0.1, -0.05) is 52.2 Å². The Hall–Kier alpha value is 0.394. The Balaban J connectivity index is 4.58. The summed E-state index contributed by atoms with van der Waals surface area (Å²) in [5.41, 5.74) is 0.596. The molecule has 0 heterocycles.